The number of ether oxygens (including phenoxy) is 1. The minimum absolute atomic E-state index is 0.0119. The minimum atomic E-state index is -0.0331. The van der Waals surface area contributed by atoms with Gasteiger partial charge in [-0.3, -0.25) is 14.3 Å². The molecule has 1 saturated heterocycles. The first-order valence-corrected chi connectivity index (χ1v) is 10.0. The van der Waals surface area contributed by atoms with Crippen LogP contribution >= 0.6 is 0 Å². The van der Waals surface area contributed by atoms with E-state index in [4.69, 9.17) is 4.74 Å². The van der Waals surface area contributed by atoms with Crippen LogP contribution in [0.2, 0.25) is 0 Å². The molecule has 7 heteroatoms. The number of likely N-dealkylation sites (tertiary alicyclic amines) is 1. The lowest BCUT2D eigenvalue weighted by molar-refractivity contribution is 0.0691. The number of carbonyl (C=O) groups excluding carboxylic acids is 2. The van der Waals surface area contributed by atoms with E-state index >= 15 is 0 Å². The van der Waals surface area contributed by atoms with Crippen LogP contribution in [0.4, 0.5) is 0 Å². The Labute approximate surface area is 164 Å². The van der Waals surface area contributed by atoms with Crippen LogP contribution in [0.15, 0.2) is 36.7 Å². The maximum Gasteiger partial charge on any atom is 0.257 e. The van der Waals surface area contributed by atoms with Crippen molar-refractivity contribution < 1.29 is 14.3 Å². The van der Waals surface area contributed by atoms with Crippen molar-refractivity contribution in [3.63, 3.8) is 0 Å². The highest BCUT2D eigenvalue weighted by Gasteiger charge is 2.30. The van der Waals surface area contributed by atoms with Crippen LogP contribution in [-0.2, 0) is 6.54 Å². The van der Waals surface area contributed by atoms with Crippen LogP contribution in [0.5, 0.6) is 5.75 Å². The van der Waals surface area contributed by atoms with Crippen molar-refractivity contribution in [3.05, 3.63) is 47.8 Å². The number of aryl methyl sites for hydroxylation is 1. The molecule has 148 valence electrons. The summed E-state index contributed by atoms with van der Waals surface area (Å²) in [5.74, 6) is 0.688. The second-order valence-electron chi connectivity index (χ2n) is 7.46. The number of nitrogens with one attached hydrogen (secondary N) is 1. The fourth-order valence-corrected chi connectivity index (χ4v) is 3.48. The Bertz CT molecular complexity index is 842. The summed E-state index contributed by atoms with van der Waals surface area (Å²) in [5, 5.41) is 7.17. The van der Waals surface area contributed by atoms with Crippen LogP contribution in [0, 0.1) is 0 Å². The van der Waals surface area contributed by atoms with Gasteiger partial charge in [0.15, 0.2) is 0 Å². The Morgan fingerprint density at radius 1 is 1.18 bits per heavy atom. The van der Waals surface area contributed by atoms with Crippen LogP contribution in [-0.4, -0.2) is 51.7 Å². The molecule has 2 aliphatic rings. The average molecular weight is 382 g/mol. The number of amides is 2. The van der Waals surface area contributed by atoms with E-state index in [1.54, 1.807) is 29.2 Å². The smallest absolute Gasteiger partial charge is 0.257 e. The molecule has 1 aromatic carbocycles. The average Bonchev–Trinajstić information content (AvgIpc) is 3.22. The third kappa shape index (κ3) is 4.18. The first kappa shape index (κ1) is 18.5. The number of hydrogen-bond acceptors (Lipinski definition) is 4. The van der Waals surface area contributed by atoms with Crippen molar-refractivity contribution in [1.82, 2.24) is 20.0 Å². The van der Waals surface area contributed by atoms with Gasteiger partial charge in [-0.15, -0.1) is 0 Å². The molecule has 28 heavy (non-hydrogen) atoms. The summed E-state index contributed by atoms with van der Waals surface area (Å²) in [6.07, 6.45) is 7.47. The molecule has 2 fully saturated rings. The Morgan fingerprint density at radius 3 is 2.64 bits per heavy atom. The molecule has 0 spiro atoms. The quantitative estimate of drug-likeness (QED) is 0.798. The minimum Gasteiger partial charge on any atom is -0.491 e. The topological polar surface area (TPSA) is 76.5 Å². The highest BCUT2D eigenvalue weighted by atomic mass is 16.5. The molecule has 1 N–H and O–H groups in total. The van der Waals surface area contributed by atoms with Gasteiger partial charge in [0.25, 0.3) is 11.8 Å². The molecule has 1 aliphatic heterocycles. The Balaban J connectivity index is 1.33. The molecular weight excluding hydrogens is 356 g/mol. The predicted molar refractivity (Wildman–Crippen MR) is 104 cm³/mol. The largest absolute Gasteiger partial charge is 0.491 e. The molecule has 1 unspecified atom stereocenters. The van der Waals surface area contributed by atoms with Gasteiger partial charge in [0.1, 0.15) is 12.4 Å². The zero-order chi connectivity index (χ0) is 19.5. The van der Waals surface area contributed by atoms with Crippen molar-refractivity contribution in [2.24, 2.45) is 0 Å². The summed E-state index contributed by atoms with van der Waals surface area (Å²) < 4.78 is 7.67. The standard InChI is InChI=1S/C21H26N4O3/c1-2-24-13-16(12-22-24)21(27)25-11-3-4-18(25)14-28-19-9-5-15(6-10-19)20(26)23-17-7-8-17/h5-6,9-10,12-13,17-18H,2-4,7-8,11,14H2,1H3,(H,23,26). The van der Waals surface area contributed by atoms with Crippen LogP contribution in [0.25, 0.3) is 0 Å². The Hall–Kier alpha value is -2.83. The number of aromatic nitrogens is 2. The Kier molecular flexibility index (Phi) is 5.32. The van der Waals surface area contributed by atoms with Crippen molar-refractivity contribution in [3.8, 4) is 5.75 Å². The molecule has 2 heterocycles. The van der Waals surface area contributed by atoms with Crippen molar-refractivity contribution in [2.45, 2.75) is 51.2 Å². The van der Waals surface area contributed by atoms with E-state index in [-0.39, 0.29) is 17.9 Å². The van der Waals surface area contributed by atoms with Gasteiger partial charge in [0, 0.05) is 30.9 Å². The molecule has 2 amide bonds. The molecule has 4 rings (SSSR count). The van der Waals surface area contributed by atoms with Gasteiger partial charge < -0.3 is 15.0 Å². The molecule has 1 aromatic heterocycles. The lowest BCUT2D eigenvalue weighted by Gasteiger charge is -2.24. The van der Waals surface area contributed by atoms with Crippen molar-refractivity contribution in [2.75, 3.05) is 13.2 Å². The summed E-state index contributed by atoms with van der Waals surface area (Å²) in [4.78, 5) is 26.7. The molecule has 7 nitrogen and oxygen atoms in total. The highest BCUT2D eigenvalue weighted by molar-refractivity contribution is 5.95. The summed E-state index contributed by atoms with van der Waals surface area (Å²) >= 11 is 0. The normalized spacial score (nSPS) is 18.9. The zero-order valence-electron chi connectivity index (χ0n) is 16.1. The van der Waals surface area contributed by atoms with Gasteiger partial charge in [-0.25, -0.2) is 0 Å². The predicted octanol–water partition coefficient (Wildman–Crippen LogP) is 2.48. The van der Waals surface area contributed by atoms with Gasteiger partial charge in [-0.05, 0) is 56.9 Å². The van der Waals surface area contributed by atoms with E-state index < -0.39 is 0 Å². The first-order valence-electron chi connectivity index (χ1n) is 10.0. The molecular formula is C21H26N4O3. The van der Waals surface area contributed by atoms with E-state index in [0.29, 0.717) is 29.5 Å². The molecule has 0 bridgehead atoms. The second kappa shape index (κ2) is 8.04. The van der Waals surface area contributed by atoms with Gasteiger partial charge in [-0.1, -0.05) is 0 Å². The number of carbonyl (C=O) groups is 2. The van der Waals surface area contributed by atoms with E-state index in [2.05, 4.69) is 10.4 Å². The fourth-order valence-electron chi connectivity index (χ4n) is 3.48. The van der Waals surface area contributed by atoms with Crippen LogP contribution in [0.3, 0.4) is 0 Å². The molecule has 1 saturated carbocycles. The lowest BCUT2D eigenvalue weighted by Crippen LogP contribution is -2.38. The van der Waals surface area contributed by atoms with Crippen molar-refractivity contribution >= 4 is 11.8 Å². The second-order valence-corrected chi connectivity index (χ2v) is 7.46. The monoisotopic (exact) mass is 382 g/mol. The molecule has 2 aromatic rings. The van der Waals surface area contributed by atoms with E-state index in [0.717, 1.165) is 38.8 Å². The van der Waals surface area contributed by atoms with Gasteiger partial charge in [-0.2, -0.15) is 5.10 Å². The molecule has 1 aliphatic carbocycles. The first-order chi connectivity index (χ1) is 13.6. The zero-order valence-corrected chi connectivity index (χ0v) is 16.1. The molecule has 0 radical (unpaired) electrons. The summed E-state index contributed by atoms with van der Waals surface area (Å²) in [6, 6.07) is 7.59. The van der Waals surface area contributed by atoms with Gasteiger partial charge >= 0.3 is 0 Å². The third-order valence-electron chi connectivity index (χ3n) is 5.31. The maximum absolute atomic E-state index is 12.8. The van der Waals surface area contributed by atoms with E-state index in [1.165, 1.54) is 0 Å². The molecule has 1 atom stereocenters. The number of benzene rings is 1. The summed E-state index contributed by atoms with van der Waals surface area (Å²) in [7, 11) is 0. The van der Waals surface area contributed by atoms with Crippen molar-refractivity contribution in [1.29, 1.82) is 0 Å². The fraction of sp³-hybridized carbons (Fsp3) is 0.476. The summed E-state index contributed by atoms with van der Waals surface area (Å²) in [6.45, 7) is 3.93. The number of rotatable bonds is 7. The number of hydrogen-bond donors (Lipinski definition) is 1. The third-order valence-corrected chi connectivity index (χ3v) is 5.31. The maximum atomic E-state index is 12.8. The van der Waals surface area contributed by atoms with Gasteiger partial charge in [0.2, 0.25) is 0 Å². The summed E-state index contributed by atoms with van der Waals surface area (Å²) in [5.41, 5.74) is 1.27. The highest BCUT2D eigenvalue weighted by Crippen LogP contribution is 2.23. The van der Waals surface area contributed by atoms with Crippen LogP contribution in [0.1, 0.15) is 53.3 Å². The Morgan fingerprint density at radius 2 is 1.96 bits per heavy atom. The lowest BCUT2D eigenvalue weighted by atomic mass is 10.2. The SMILES string of the molecule is CCn1cc(C(=O)N2CCCC2COc2ccc(C(=O)NC3CC3)cc2)cn1. The number of nitrogens with zero attached hydrogens (tertiary/aromatic N) is 3. The van der Waals surface area contributed by atoms with E-state index in [9.17, 15) is 9.59 Å². The van der Waals surface area contributed by atoms with Crippen LogP contribution < -0.4 is 10.1 Å². The van der Waals surface area contributed by atoms with E-state index in [1.807, 2.05) is 24.0 Å². The van der Waals surface area contributed by atoms with Gasteiger partial charge in [0.05, 0.1) is 17.8 Å².